The van der Waals surface area contributed by atoms with E-state index in [2.05, 4.69) is 0 Å². The molecule has 5 heteroatoms. The molecule has 0 saturated carbocycles. The molecule has 1 aromatic rings. The van der Waals surface area contributed by atoms with Gasteiger partial charge in [0.05, 0.1) is 24.3 Å². The van der Waals surface area contributed by atoms with E-state index in [0.717, 1.165) is 0 Å². The first-order valence-electron chi connectivity index (χ1n) is 6.14. The SMILES string of the molecule is CC.CCOC(=O)c1ccccc1C(=O)OCC.P. The number of benzene rings is 1. The van der Waals surface area contributed by atoms with Gasteiger partial charge in [-0.3, -0.25) is 0 Å². The molecule has 1 aromatic carbocycles. The van der Waals surface area contributed by atoms with Gasteiger partial charge in [-0.25, -0.2) is 9.59 Å². The summed E-state index contributed by atoms with van der Waals surface area (Å²) in [6, 6.07) is 6.44. The zero-order valence-electron chi connectivity index (χ0n) is 12.1. The third-order valence-corrected chi connectivity index (χ3v) is 1.92. The van der Waals surface area contributed by atoms with Crippen molar-refractivity contribution in [2.24, 2.45) is 0 Å². The maximum atomic E-state index is 11.5. The Morgan fingerprint density at radius 2 is 1.21 bits per heavy atom. The van der Waals surface area contributed by atoms with Crippen molar-refractivity contribution in [1.82, 2.24) is 0 Å². The first-order valence-corrected chi connectivity index (χ1v) is 6.14. The van der Waals surface area contributed by atoms with Crippen molar-refractivity contribution in [3.05, 3.63) is 35.4 Å². The molecule has 0 aliphatic heterocycles. The first-order chi connectivity index (χ1) is 8.70. The molecule has 0 radical (unpaired) electrons. The molecule has 0 N–H and O–H groups in total. The van der Waals surface area contributed by atoms with Gasteiger partial charge in [-0.1, -0.05) is 26.0 Å². The standard InChI is InChI=1S/C12H14O4.C2H6.H3P/c1-3-15-11(13)9-7-5-6-8-10(9)12(14)16-4-2;1-2;/h5-8H,3-4H2,1-2H3;1-2H3;1H3. The lowest BCUT2D eigenvalue weighted by atomic mass is 10.1. The van der Waals surface area contributed by atoms with E-state index >= 15 is 0 Å². The molecule has 108 valence electrons. The third-order valence-electron chi connectivity index (χ3n) is 1.92. The normalized spacial score (nSPS) is 8.42. The van der Waals surface area contributed by atoms with Gasteiger partial charge in [0.1, 0.15) is 0 Å². The molecule has 0 saturated heterocycles. The first kappa shape index (κ1) is 19.9. The Balaban J connectivity index is 0. The van der Waals surface area contributed by atoms with Gasteiger partial charge in [-0.2, -0.15) is 9.90 Å². The summed E-state index contributed by atoms with van der Waals surface area (Å²) < 4.78 is 9.70. The Bertz CT molecular complexity index is 354. The molecule has 0 bridgehead atoms. The van der Waals surface area contributed by atoms with Crippen LogP contribution in [0.3, 0.4) is 0 Å². The van der Waals surface area contributed by atoms with E-state index in [0.29, 0.717) is 0 Å². The van der Waals surface area contributed by atoms with Gasteiger partial charge in [-0.05, 0) is 26.0 Å². The van der Waals surface area contributed by atoms with Crippen LogP contribution in [0.1, 0.15) is 48.4 Å². The Kier molecular flexibility index (Phi) is 12.2. The maximum absolute atomic E-state index is 11.5. The molecular weight excluding hydrogens is 263 g/mol. The molecule has 19 heavy (non-hydrogen) atoms. The molecule has 0 spiro atoms. The van der Waals surface area contributed by atoms with Crippen LogP contribution in [-0.4, -0.2) is 25.2 Å². The molecule has 0 aliphatic carbocycles. The lowest BCUT2D eigenvalue weighted by molar-refractivity contribution is 0.0479. The van der Waals surface area contributed by atoms with Gasteiger partial charge in [0, 0.05) is 0 Å². The number of esters is 2. The van der Waals surface area contributed by atoms with E-state index in [4.69, 9.17) is 9.47 Å². The van der Waals surface area contributed by atoms with Gasteiger partial charge < -0.3 is 9.47 Å². The van der Waals surface area contributed by atoms with Crippen molar-refractivity contribution in [3.8, 4) is 0 Å². The van der Waals surface area contributed by atoms with Crippen LogP contribution in [0.4, 0.5) is 0 Å². The molecule has 1 atom stereocenters. The monoisotopic (exact) mass is 286 g/mol. The fourth-order valence-electron chi connectivity index (χ4n) is 1.26. The summed E-state index contributed by atoms with van der Waals surface area (Å²) >= 11 is 0. The number of ether oxygens (including phenoxy) is 2. The van der Waals surface area contributed by atoms with Crippen LogP contribution in [0.15, 0.2) is 24.3 Å². The summed E-state index contributed by atoms with van der Waals surface area (Å²) in [5.74, 6) is -1.02. The number of carbonyl (C=O) groups is 2. The highest BCUT2D eigenvalue weighted by Gasteiger charge is 2.17. The van der Waals surface area contributed by atoms with Gasteiger partial charge in [-0.15, -0.1) is 0 Å². The average molecular weight is 286 g/mol. The summed E-state index contributed by atoms with van der Waals surface area (Å²) in [5, 5.41) is 0. The van der Waals surface area contributed by atoms with Gasteiger partial charge >= 0.3 is 11.9 Å². The second-order valence-corrected chi connectivity index (χ2v) is 2.99. The molecule has 0 heterocycles. The molecule has 0 amide bonds. The van der Waals surface area contributed by atoms with Crippen molar-refractivity contribution in [2.45, 2.75) is 27.7 Å². The predicted molar refractivity (Wildman–Crippen MR) is 80.8 cm³/mol. The second kappa shape index (κ2) is 11.7. The Morgan fingerprint density at radius 3 is 1.47 bits per heavy atom. The molecule has 1 rings (SSSR count). The van der Waals surface area contributed by atoms with Crippen LogP contribution in [-0.2, 0) is 9.47 Å². The zero-order chi connectivity index (χ0) is 14.0. The summed E-state index contributed by atoms with van der Waals surface area (Å²) in [6.45, 7) is 7.97. The minimum atomic E-state index is -0.508. The molecule has 1 unspecified atom stereocenters. The summed E-state index contributed by atoms with van der Waals surface area (Å²) in [5.41, 5.74) is 0.477. The van der Waals surface area contributed by atoms with Crippen LogP contribution >= 0.6 is 9.90 Å². The summed E-state index contributed by atoms with van der Waals surface area (Å²) in [4.78, 5) is 23.1. The Labute approximate surface area is 118 Å². The molecule has 0 aliphatic rings. The smallest absolute Gasteiger partial charge is 0.338 e. The fraction of sp³-hybridized carbons (Fsp3) is 0.429. The van der Waals surface area contributed by atoms with Crippen molar-refractivity contribution < 1.29 is 19.1 Å². The van der Waals surface area contributed by atoms with Crippen LogP contribution in [0.25, 0.3) is 0 Å². The largest absolute Gasteiger partial charge is 0.462 e. The van der Waals surface area contributed by atoms with Crippen molar-refractivity contribution in [2.75, 3.05) is 13.2 Å². The topological polar surface area (TPSA) is 52.6 Å². The van der Waals surface area contributed by atoms with E-state index < -0.39 is 11.9 Å². The van der Waals surface area contributed by atoms with Crippen molar-refractivity contribution in [3.63, 3.8) is 0 Å². The van der Waals surface area contributed by atoms with Crippen LogP contribution in [0.5, 0.6) is 0 Å². The second-order valence-electron chi connectivity index (χ2n) is 2.99. The van der Waals surface area contributed by atoms with Crippen LogP contribution in [0.2, 0.25) is 0 Å². The minimum absolute atomic E-state index is 0. The molecular formula is C14H23O4P. The summed E-state index contributed by atoms with van der Waals surface area (Å²) in [7, 11) is 0. The lowest BCUT2D eigenvalue weighted by Crippen LogP contribution is -2.13. The zero-order valence-corrected chi connectivity index (χ0v) is 13.5. The highest BCUT2D eigenvalue weighted by molar-refractivity contribution is 6.92. The Hall–Kier alpha value is -1.41. The van der Waals surface area contributed by atoms with E-state index in [-0.39, 0.29) is 34.2 Å². The molecule has 0 fully saturated rings. The third kappa shape index (κ3) is 6.35. The molecule has 4 nitrogen and oxygen atoms in total. The summed E-state index contributed by atoms with van der Waals surface area (Å²) in [6.07, 6.45) is 0. The molecule has 0 aromatic heterocycles. The lowest BCUT2D eigenvalue weighted by Gasteiger charge is -2.07. The van der Waals surface area contributed by atoms with Gasteiger partial charge in [0.15, 0.2) is 0 Å². The van der Waals surface area contributed by atoms with E-state index in [1.54, 1.807) is 38.1 Å². The fourth-order valence-corrected chi connectivity index (χ4v) is 1.26. The van der Waals surface area contributed by atoms with Crippen molar-refractivity contribution >= 4 is 21.8 Å². The minimum Gasteiger partial charge on any atom is -0.462 e. The highest BCUT2D eigenvalue weighted by atomic mass is 31.0. The number of rotatable bonds is 4. The highest BCUT2D eigenvalue weighted by Crippen LogP contribution is 2.11. The number of hydrogen-bond donors (Lipinski definition) is 0. The quantitative estimate of drug-likeness (QED) is 0.630. The number of hydrogen-bond acceptors (Lipinski definition) is 4. The maximum Gasteiger partial charge on any atom is 0.338 e. The Morgan fingerprint density at radius 1 is 0.895 bits per heavy atom. The average Bonchev–Trinajstić information content (AvgIpc) is 2.41. The van der Waals surface area contributed by atoms with Gasteiger partial charge in [0.2, 0.25) is 0 Å². The predicted octanol–water partition coefficient (Wildman–Crippen LogP) is 3.12. The van der Waals surface area contributed by atoms with Crippen LogP contribution < -0.4 is 0 Å². The van der Waals surface area contributed by atoms with E-state index in [1.165, 1.54) is 0 Å². The van der Waals surface area contributed by atoms with Gasteiger partial charge in [0.25, 0.3) is 0 Å². The van der Waals surface area contributed by atoms with E-state index in [1.807, 2.05) is 13.8 Å². The number of carbonyl (C=O) groups excluding carboxylic acids is 2. The van der Waals surface area contributed by atoms with Crippen molar-refractivity contribution in [1.29, 1.82) is 0 Å². The van der Waals surface area contributed by atoms with Crippen LogP contribution in [0, 0.1) is 0 Å². The van der Waals surface area contributed by atoms with E-state index in [9.17, 15) is 9.59 Å².